The molecule has 0 amide bonds. The fraction of sp³-hybridized carbons (Fsp3) is 0.500. The quantitative estimate of drug-likeness (QED) is 0.555. The molecule has 9 nitrogen and oxygen atoms in total. The fourth-order valence-electron chi connectivity index (χ4n) is 5.26. The van der Waals surface area contributed by atoms with Crippen molar-refractivity contribution in [3.8, 4) is 0 Å². The van der Waals surface area contributed by atoms with Crippen molar-refractivity contribution in [2.45, 2.75) is 50.4 Å². The Balaban J connectivity index is 1.48. The summed E-state index contributed by atoms with van der Waals surface area (Å²) in [6.45, 7) is 0.797. The normalized spacial score (nSPS) is 22.8. The molecule has 10 heteroatoms. The van der Waals surface area contributed by atoms with Crippen LogP contribution in [0.4, 0.5) is 5.95 Å². The van der Waals surface area contributed by atoms with E-state index in [0.29, 0.717) is 16.2 Å². The molecule has 2 bridgehead atoms. The van der Waals surface area contributed by atoms with Crippen LogP contribution in [0.15, 0.2) is 34.2 Å². The number of halogens is 1. The lowest BCUT2D eigenvalue weighted by Crippen LogP contribution is -2.49. The van der Waals surface area contributed by atoms with Crippen molar-refractivity contribution in [2.75, 3.05) is 19.0 Å². The van der Waals surface area contributed by atoms with Gasteiger partial charge in [-0.05, 0) is 45.8 Å². The van der Waals surface area contributed by atoms with Gasteiger partial charge in [-0.2, -0.15) is 0 Å². The smallest absolute Gasteiger partial charge is 0.318 e. The third-order valence-corrected chi connectivity index (χ3v) is 6.81. The molecule has 2 fully saturated rings. The molecule has 2 saturated heterocycles. The molecule has 2 unspecified atom stereocenters. The van der Waals surface area contributed by atoms with Crippen LogP contribution in [0, 0.1) is 0 Å². The van der Waals surface area contributed by atoms with Crippen LogP contribution >= 0.6 is 11.6 Å². The summed E-state index contributed by atoms with van der Waals surface area (Å²) in [7, 11) is 5.62. The van der Waals surface area contributed by atoms with Crippen LogP contribution < -0.4 is 16.0 Å². The summed E-state index contributed by atoms with van der Waals surface area (Å²) >= 11 is 6.11. The molecule has 168 valence electrons. The van der Waals surface area contributed by atoms with Gasteiger partial charge in [-0.1, -0.05) is 11.6 Å². The maximum Gasteiger partial charge on any atom is 0.318 e. The highest BCUT2D eigenvalue weighted by Crippen LogP contribution is 2.42. The van der Waals surface area contributed by atoms with Gasteiger partial charge in [0.2, 0.25) is 5.95 Å². The SMILES string of the molecule is CN(C)Cc1cnc(N2C3CCC2CC(n2c(=O)c(=O)n(C)c4cc(Cl)cnc42)C3)nc1. The molecule has 2 aliphatic heterocycles. The Morgan fingerprint density at radius 1 is 1.00 bits per heavy atom. The number of aryl methyl sites for hydroxylation is 1. The van der Waals surface area contributed by atoms with Gasteiger partial charge < -0.3 is 14.4 Å². The summed E-state index contributed by atoms with van der Waals surface area (Å²) in [4.78, 5) is 43.8. The van der Waals surface area contributed by atoms with Crippen LogP contribution in [-0.4, -0.2) is 55.2 Å². The second-order valence-electron chi connectivity index (χ2n) is 9.08. The first-order valence-electron chi connectivity index (χ1n) is 10.8. The van der Waals surface area contributed by atoms with Crippen molar-refractivity contribution in [1.82, 2.24) is 29.0 Å². The highest BCUT2D eigenvalue weighted by atomic mass is 35.5. The summed E-state index contributed by atoms with van der Waals surface area (Å²) in [5.74, 6) is 0.740. The first kappa shape index (κ1) is 21.1. The van der Waals surface area contributed by atoms with Gasteiger partial charge in [0.15, 0.2) is 5.65 Å². The highest BCUT2D eigenvalue weighted by Gasteiger charge is 2.43. The van der Waals surface area contributed by atoms with E-state index in [-0.39, 0.29) is 18.1 Å². The zero-order chi connectivity index (χ0) is 22.6. The molecular weight excluding hydrogens is 430 g/mol. The van der Waals surface area contributed by atoms with Crippen LogP contribution in [0.2, 0.25) is 5.02 Å². The molecule has 0 aromatic carbocycles. The zero-order valence-electron chi connectivity index (χ0n) is 18.4. The van der Waals surface area contributed by atoms with E-state index >= 15 is 0 Å². The number of nitrogens with zero attached hydrogens (tertiary/aromatic N) is 7. The Morgan fingerprint density at radius 2 is 1.66 bits per heavy atom. The zero-order valence-corrected chi connectivity index (χ0v) is 19.2. The van der Waals surface area contributed by atoms with Crippen LogP contribution in [-0.2, 0) is 13.6 Å². The Bertz CT molecular complexity index is 1270. The summed E-state index contributed by atoms with van der Waals surface area (Å²) < 4.78 is 2.93. The number of hydrogen-bond donors (Lipinski definition) is 0. The minimum absolute atomic E-state index is 0.102. The maximum atomic E-state index is 13.0. The van der Waals surface area contributed by atoms with Gasteiger partial charge in [-0.25, -0.2) is 15.0 Å². The van der Waals surface area contributed by atoms with Gasteiger partial charge in [0.05, 0.1) is 10.5 Å². The Labute approximate surface area is 190 Å². The molecule has 0 radical (unpaired) electrons. The largest absolute Gasteiger partial charge is 0.335 e. The number of rotatable bonds is 4. The molecule has 0 saturated carbocycles. The number of anilines is 1. The predicted molar refractivity (Wildman–Crippen MR) is 123 cm³/mol. The van der Waals surface area contributed by atoms with Gasteiger partial charge in [-0.15, -0.1) is 0 Å². The van der Waals surface area contributed by atoms with Crippen molar-refractivity contribution < 1.29 is 0 Å². The van der Waals surface area contributed by atoms with E-state index in [4.69, 9.17) is 11.6 Å². The first-order valence-corrected chi connectivity index (χ1v) is 11.2. The van der Waals surface area contributed by atoms with Gasteiger partial charge in [0.1, 0.15) is 0 Å². The highest BCUT2D eigenvalue weighted by molar-refractivity contribution is 6.31. The molecule has 3 aromatic rings. The minimum Gasteiger partial charge on any atom is -0.335 e. The summed E-state index contributed by atoms with van der Waals surface area (Å²) in [5, 5.41) is 0.433. The van der Waals surface area contributed by atoms with Crippen molar-refractivity contribution in [1.29, 1.82) is 0 Å². The molecule has 2 aliphatic rings. The summed E-state index contributed by atoms with van der Waals surface area (Å²) in [5.41, 5.74) is 1.05. The fourth-order valence-corrected chi connectivity index (χ4v) is 5.41. The number of piperidine rings is 1. The lowest BCUT2D eigenvalue weighted by molar-refractivity contribution is 0.330. The molecule has 2 atom stereocenters. The van der Waals surface area contributed by atoms with Crippen LogP contribution in [0.3, 0.4) is 0 Å². The summed E-state index contributed by atoms with van der Waals surface area (Å²) in [6, 6.07) is 2.02. The van der Waals surface area contributed by atoms with E-state index < -0.39 is 11.1 Å². The Kier molecular flexibility index (Phi) is 5.25. The van der Waals surface area contributed by atoms with Crippen LogP contribution in [0.25, 0.3) is 11.2 Å². The van der Waals surface area contributed by atoms with Gasteiger partial charge in [-0.3, -0.25) is 14.2 Å². The maximum absolute atomic E-state index is 13.0. The average molecular weight is 456 g/mol. The van der Waals surface area contributed by atoms with E-state index in [9.17, 15) is 9.59 Å². The summed E-state index contributed by atoms with van der Waals surface area (Å²) in [6.07, 6.45) is 8.82. The average Bonchev–Trinajstić information content (AvgIpc) is 3.02. The molecular formula is C22H26ClN7O2. The first-order chi connectivity index (χ1) is 15.3. The van der Waals surface area contributed by atoms with E-state index in [1.807, 2.05) is 26.5 Å². The van der Waals surface area contributed by atoms with Crippen molar-refractivity contribution in [2.24, 2.45) is 7.05 Å². The third kappa shape index (κ3) is 3.49. The van der Waals surface area contributed by atoms with Crippen LogP contribution in [0.1, 0.15) is 37.3 Å². The monoisotopic (exact) mass is 455 g/mol. The third-order valence-electron chi connectivity index (χ3n) is 6.60. The molecule has 0 spiro atoms. The molecule has 0 N–H and O–H groups in total. The van der Waals surface area contributed by atoms with Gasteiger partial charge >= 0.3 is 11.1 Å². The van der Waals surface area contributed by atoms with E-state index in [1.54, 1.807) is 17.7 Å². The number of pyridine rings is 1. The van der Waals surface area contributed by atoms with E-state index in [1.165, 1.54) is 10.8 Å². The van der Waals surface area contributed by atoms with Gasteiger partial charge in [0.25, 0.3) is 0 Å². The topological polar surface area (TPSA) is 89.2 Å². The lowest BCUT2D eigenvalue weighted by Gasteiger charge is -2.39. The van der Waals surface area contributed by atoms with E-state index in [0.717, 1.165) is 43.7 Å². The molecule has 3 aromatic heterocycles. The second kappa shape index (κ2) is 7.97. The number of hydrogen-bond acceptors (Lipinski definition) is 7. The second-order valence-corrected chi connectivity index (χ2v) is 9.52. The van der Waals surface area contributed by atoms with Crippen molar-refractivity contribution >= 4 is 28.7 Å². The van der Waals surface area contributed by atoms with Crippen molar-refractivity contribution in [3.05, 3.63) is 56.0 Å². The standard InChI is InChI=1S/C22H26ClN7O2/c1-27(2)12-13-9-25-22(26-10-13)29-15-4-5-16(29)8-17(7-15)30-19-18(6-14(23)11-24-19)28(3)20(31)21(30)32/h6,9-11,15-17H,4-5,7-8,12H2,1-3H3. The molecule has 32 heavy (non-hydrogen) atoms. The lowest BCUT2D eigenvalue weighted by atomic mass is 9.97. The number of fused-ring (bicyclic) bond motifs is 3. The minimum atomic E-state index is -0.559. The number of aromatic nitrogens is 5. The van der Waals surface area contributed by atoms with Crippen LogP contribution in [0.5, 0.6) is 0 Å². The van der Waals surface area contributed by atoms with Gasteiger partial charge in [0, 0.05) is 55.9 Å². The predicted octanol–water partition coefficient (Wildman–Crippen LogP) is 1.97. The molecule has 5 rings (SSSR count). The molecule has 5 heterocycles. The molecule has 0 aliphatic carbocycles. The Morgan fingerprint density at radius 3 is 2.28 bits per heavy atom. The van der Waals surface area contributed by atoms with Crippen molar-refractivity contribution in [3.63, 3.8) is 0 Å². The van der Waals surface area contributed by atoms with E-state index in [2.05, 4.69) is 24.8 Å². The Hall–Kier alpha value is -2.78.